The lowest BCUT2D eigenvalue weighted by Gasteiger charge is -2.55. The van der Waals surface area contributed by atoms with Gasteiger partial charge in [0.25, 0.3) is 5.91 Å². The maximum absolute atomic E-state index is 13.0. The van der Waals surface area contributed by atoms with Crippen molar-refractivity contribution in [3.8, 4) is 0 Å². The summed E-state index contributed by atoms with van der Waals surface area (Å²) in [6.45, 7) is 8.21. The van der Waals surface area contributed by atoms with Crippen molar-refractivity contribution in [3.05, 3.63) is 70.7 Å². The van der Waals surface area contributed by atoms with Gasteiger partial charge < -0.3 is 15.1 Å². The number of hydrogen-bond acceptors (Lipinski definition) is 3. The summed E-state index contributed by atoms with van der Waals surface area (Å²) in [6.07, 6.45) is 0. The zero-order chi connectivity index (χ0) is 22.0. The van der Waals surface area contributed by atoms with Gasteiger partial charge in [-0.1, -0.05) is 41.9 Å². The number of carbonyl (C=O) groups excluding carboxylic acids is 2. The molecule has 0 radical (unpaired) electrons. The third kappa shape index (κ3) is 4.86. The number of nitrogens with zero attached hydrogens (tertiary/aromatic N) is 3. The molecular weight excluding hydrogens is 412 g/mol. The van der Waals surface area contributed by atoms with Crippen molar-refractivity contribution < 1.29 is 9.59 Å². The molecule has 6 nitrogen and oxygen atoms in total. The standard InChI is InChI=1S/C24H29ClN4O2/c1-24(2)17-28(23(31)26-14-18-6-4-3-5-7-18)16-21-15-27(12-13-29(21)24)22(30)19-8-10-20(25)11-9-19/h3-11,21H,12-17H2,1-2H3,(H,26,31). The van der Waals surface area contributed by atoms with Crippen LogP contribution in [0.5, 0.6) is 0 Å². The molecule has 4 rings (SSSR count). The molecule has 2 aliphatic heterocycles. The van der Waals surface area contributed by atoms with Crippen LogP contribution in [0.2, 0.25) is 5.02 Å². The van der Waals surface area contributed by atoms with E-state index >= 15 is 0 Å². The molecule has 0 saturated carbocycles. The molecule has 0 aromatic heterocycles. The second kappa shape index (κ2) is 8.89. The molecule has 0 aliphatic carbocycles. The molecule has 2 fully saturated rings. The number of fused-ring (bicyclic) bond motifs is 1. The summed E-state index contributed by atoms with van der Waals surface area (Å²) in [6, 6.07) is 17.0. The molecule has 1 N–H and O–H groups in total. The monoisotopic (exact) mass is 440 g/mol. The van der Waals surface area contributed by atoms with Crippen molar-refractivity contribution in [3.63, 3.8) is 0 Å². The average Bonchev–Trinajstić information content (AvgIpc) is 2.77. The number of hydrogen-bond donors (Lipinski definition) is 1. The van der Waals surface area contributed by atoms with Crippen LogP contribution in [0, 0.1) is 0 Å². The Morgan fingerprint density at radius 1 is 1.00 bits per heavy atom. The molecule has 0 spiro atoms. The van der Waals surface area contributed by atoms with Crippen molar-refractivity contribution in [2.24, 2.45) is 0 Å². The lowest BCUT2D eigenvalue weighted by molar-refractivity contribution is -0.0467. The van der Waals surface area contributed by atoms with Crippen LogP contribution in [-0.4, -0.2) is 70.9 Å². The van der Waals surface area contributed by atoms with Crippen molar-refractivity contribution in [2.45, 2.75) is 32.0 Å². The lowest BCUT2D eigenvalue weighted by atomic mass is 9.92. The Hall–Kier alpha value is -2.57. The van der Waals surface area contributed by atoms with Gasteiger partial charge in [-0.05, 0) is 43.7 Å². The van der Waals surface area contributed by atoms with E-state index in [1.807, 2.05) is 40.1 Å². The molecule has 2 heterocycles. The summed E-state index contributed by atoms with van der Waals surface area (Å²) in [5.41, 5.74) is 1.57. The maximum atomic E-state index is 13.0. The molecule has 2 aromatic rings. The Labute approximate surface area is 188 Å². The summed E-state index contributed by atoms with van der Waals surface area (Å²) in [5, 5.41) is 3.66. The van der Waals surface area contributed by atoms with E-state index in [2.05, 4.69) is 24.1 Å². The minimum Gasteiger partial charge on any atom is -0.336 e. The third-order valence-electron chi connectivity index (χ3n) is 6.22. The smallest absolute Gasteiger partial charge is 0.317 e. The van der Waals surface area contributed by atoms with E-state index in [0.717, 1.165) is 12.1 Å². The van der Waals surface area contributed by atoms with E-state index in [0.29, 0.717) is 43.3 Å². The summed E-state index contributed by atoms with van der Waals surface area (Å²) in [4.78, 5) is 32.1. The SMILES string of the molecule is CC1(C)CN(C(=O)NCc2ccccc2)CC2CN(C(=O)c3ccc(Cl)cc3)CCN21. The van der Waals surface area contributed by atoms with E-state index in [1.54, 1.807) is 24.3 Å². The Morgan fingerprint density at radius 2 is 1.68 bits per heavy atom. The van der Waals surface area contributed by atoms with Gasteiger partial charge in [-0.25, -0.2) is 4.79 Å². The minimum atomic E-state index is -0.150. The van der Waals surface area contributed by atoms with Crippen LogP contribution in [-0.2, 0) is 6.54 Å². The van der Waals surface area contributed by atoms with Crippen molar-refractivity contribution in [1.82, 2.24) is 20.0 Å². The summed E-state index contributed by atoms with van der Waals surface area (Å²) in [5.74, 6) is 0.0137. The minimum absolute atomic E-state index is 0.0137. The van der Waals surface area contributed by atoms with E-state index in [9.17, 15) is 9.59 Å². The maximum Gasteiger partial charge on any atom is 0.317 e. The van der Waals surface area contributed by atoms with Gasteiger partial charge in [-0.15, -0.1) is 0 Å². The molecule has 31 heavy (non-hydrogen) atoms. The highest BCUT2D eigenvalue weighted by Gasteiger charge is 2.44. The molecule has 1 atom stereocenters. The lowest BCUT2D eigenvalue weighted by Crippen LogP contribution is -2.71. The third-order valence-corrected chi connectivity index (χ3v) is 6.47. The molecule has 2 aromatic carbocycles. The average molecular weight is 441 g/mol. The molecule has 3 amide bonds. The first-order valence-electron chi connectivity index (χ1n) is 10.7. The highest BCUT2D eigenvalue weighted by atomic mass is 35.5. The van der Waals surface area contributed by atoms with E-state index in [-0.39, 0.29) is 23.5 Å². The van der Waals surface area contributed by atoms with Crippen LogP contribution < -0.4 is 5.32 Å². The number of piperazine rings is 2. The first-order chi connectivity index (χ1) is 14.8. The van der Waals surface area contributed by atoms with Crippen molar-refractivity contribution in [2.75, 3.05) is 32.7 Å². The molecule has 0 bridgehead atoms. The summed E-state index contributed by atoms with van der Waals surface area (Å²) < 4.78 is 0. The van der Waals surface area contributed by atoms with Gasteiger partial charge in [-0.3, -0.25) is 9.69 Å². The zero-order valence-electron chi connectivity index (χ0n) is 18.1. The van der Waals surface area contributed by atoms with Gasteiger partial charge in [0.1, 0.15) is 0 Å². The summed E-state index contributed by atoms with van der Waals surface area (Å²) in [7, 11) is 0. The Kier molecular flexibility index (Phi) is 6.21. The molecule has 2 aliphatic rings. The fourth-order valence-corrected chi connectivity index (χ4v) is 4.81. The van der Waals surface area contributed by atoms with Gasteiger partial charge in [0.15, 0.2) is 0 Å². The highest BCUT2D eigenvalue weighted by Crippen LogP contribution is 2.29. The number of nitrogens with one attached hydrogen (secondary N) is 1. The molecule has 2 saturated heterocycles. The zero-order valence-corrected chi connectivity index (χ0v) is 18.8. The molecule has 7 heteroatoms. The number of amides is 3. The normalized spacial score (nSPS) is 20.8. The topological polar surface area (TPSA) is 55.9 Å². The Balaban J connectivity index is 1.42. The van der Waals surface area contributed by atoms with Crippen LogP contribution >= 0.6 is 11.6 Å². The second-order valence-electron chi connectivity index (χ2n) is 8.94. The van der Waals surface area contributed by atoms with E-state index < -0.39 is 0 Å². The molecule has 1 unspecified atom stereocenters. The highest BCUT2D eigenvalue weighted by molar-refractivity contribution is 6.30. The quantitative estimate of drug-likeness (QED) is 0.795. The van der Waals surface area contributed by atoms with Crippen molar-refractivity contribution >= 4 is 23.5 Å². The molecular formula is C24H29ClN4O2. The number of halogens is 1. The predicted octanol–water partition coefficient (Wildman–Crippen LogP) is 3.47. The van der Waals surface area contributed by atoms with Crippen molar-refractivity contribution in [1.29, 1.82) is 0 Å². The fraction of sp³-hybridized carbons (Fsp3) is 0.417. The first kappa shape index (κ1) is 21.7. The summed E-state index contributed by atoms with van der Waals surface area (Å²) >= 11 is 5.96. The Morgan fingerprint density at radius 3 is 2.39 bits per heavy atom. The van der Waals surface area contributed by atoms with Gasteiger partial charge in [-0.2, -0.15) is 0 Å². The van der Waals surface area contributed by atoms with Gasteiger partial charge >= 0.3 is 6.03 Å². The van der Waals surface area contributed by atoms with Crippen LogP contribution in [0.1, 0.15) is 29.8 Å². The van der Waals surface area contributed by atoms with Gasteiger partial charge in [0.2, 0.25) is 0 Å². The van der Waals surface area contributed by atoms with E-state index in [1.165, 1.54) is 0 Å². The number of carbonyl (C=O) groups is 2. The van der Waals surface area contributed by atoms with Crippen LogP contribution in [0.15, 0.2) is 54.6 Å². The van der Waals surface area contributed by atoms with E-state index in [4.69, 9.17) is 11.6 Å². The van der Waals surface area contributed by atoms with Crippen LogP contribution in [0.3, 0.4) is 0 Å². The second-order valence-corrected chi connectivity index (χ2v) is 9.38. The predicted molar refractivity (Wildman–Crippen MR) is 122 cm³/mol. The number of rotatable bonds is 3. The Bertz CT molecular complexity index is 932. The molecule has 164 valence electrons. The largest absolute Gasteiger partial charge is 0.336 e. The van der Waals surface area contributed by atoms with Crippen LogP contribution in [0.25, 0.3) is 0 Å². The van der Waals surface area contributed by atoms with Gasteiger partial charge in [0.05, 0.1) is 0 Å². The number of benzene rings is 2. The first-order valence-corrected chi connectivity index (χ1v) is 11.1. The number of urea groups is 1. The van der Waals surface area contributed by atoms with Crippen LogP contribution in [0.4, 0.5) is 4.79 Å². The van der Waals surface area contributed by atoms with Gasteiger partial charge in [0, 0.05) is 61.4 Å². The fourth-order valence-electron chi connectivity index (χ4n) is 4.68.